The lowest BCUT2D eigenvalue weighted by atomic mass is 9.99. The molecule has 1 aliphatic heterocycles. The van der Waals surface area contributed by atoms with E-state index < -0.39 is 0 Å². The number of hydrogen-bond donors (Lipinski definition) is 2. The van der Waals surface area contributed by atoms with Crippen LogP contribution in [0.3, 0.4) is 0 Å². The summed E-state index contributed by atoms with van der Waals surface area (Å²) in [6.07, 6.45) is 5.35. The molecule has 0 amide bonds. The number of rotatable bonds is 7. The first-order valence-electron chi connectivity index (χ1n) is 10.5. The van der Waals surface area contributed by atoms with E-state index in [4.69, 9.17) is 11.6 Å². The van der Waals surface area contributed by atoms with Crippen molar-refractivity contribution in [2.24, 2.45) is 10.9 Å². The van der Waals surface area contributed by atoms with Gasteiger partial charge in [0.2, 0.25) is 0 Å². The number of guanidine groups is 1. The summed E-state index contributed by atoms with van der Waals surface area (Å²) in [5, 5.41) is 7.35. The molecule has 2 heterocycles. The molecule has 1 saturated heterocycles. The normalized spacial score (nSPS) is 17.3. The highest BCUT2D eigenvalue weighted by Gasteiger charge is 2.17. The van der Waals surface area contributed by atoms with E-state index in [1.165, 1.54) is 37.1 Å². The number of piperidine rings is 1. The highest BCUT2D eigenvalue weighted by Crippen LogP contribution is 2.19. The average Bonchev–Trinajstić information content (AvgIpc) is 2.73. The minimum absolute atomic E-state index is 0. The Labute approximate surface area is 202 Å². The number of benzene rings is 1. The standard InChI is InChI=1S/C23H32ClN5.HI/c1-18-6-5-13-29(16-18)17-21-8-4-3-7-20(21)15-28-23(25-2)26-12-11-19-9-10-22(24)27-14-19;/h3-4,7-10,14,18H,5-6,11-13,15-17H2,1-2H3,(H2,25,26,28);1H. The van der Waals surface area contributed by atoms with Crippen LogP contribution in [0.5, 0.6) is 0 Å². The fraction of sp³-hybridized carbons (Fsp3) is 0.478. The summed E-state index contributed by atoms with van der Waals surface area (Å²) < 4.78 is 0. The van der Waals surface area contributed by atoms with Gasteiger partial charge in [-0.05, 0) is 54.5 Å². The fourth-order valence-corrected chi connectivity index (χ4v) is 3.95. The lowest BCUT2D eigenvalue weighted by Crippen LogP contribution is -2.38. The van der Waals surface area contributed by atoms with Crippen molar-refractivity contribution in [1.82, 2.24) is 20.5 Å². The van der Waals surface area contributed by atoms with Gasteiger partial charge in [0.25, 0.3) is 0 Å². The molecule has 0 saturated carbocycles. The molecule has 5 nitrogen and oxygen atoms in total. The maximum Gasteiger partial charge on any atom is 0.191 e. The van der Waals surface area contributed by atoms with Crippen LogP contribution in [-0.2, 0) is 19.5 Å². The summed E-state index contributed by atoms with van der Waals surface area (Å²) in [6, 6.07) is 12.5. The van der Waals surface area contributed by atoms with Crippen molar-refractivity contribution in [2.75, 3.05) is 26.7 Å². The molecule has 0 bridgehead atoms. The smallest absolute Gasteiger partial charge is 0.191 e. The summed E-state index contributed by atoms with van der Waals surface area (Å²) in [7, 11) is 1.81. The van der Waals surface area contributed by atoms with Crippen LogP contribution in [0.1, 0.15) is 36.5 Å². The minimum atomic E-state index is 0. The van der Waals surface area contributed by atoms with Gasteiger partial charge in [0.15, 0.2) is 5.96 Å². The molecule has 2 aromatic rings. The number of halogens is 2. The Morgan fingerprint density at radius 1 is 1.20 bits per heavy atom. The van der Waals surface area contributed by atoms with E-state index in [2.05, 4.69) is 56.7 Å². The van der Waals surface area contributed by atoms with E-state index in [1.807, 2.05) is 18.3 Å². The molecular formula is C23H33ClIN5. The molecule has 1 aromatic heterocycles. The number of likely N-dealkylation sites (tertiary alicyclic amines) is 1. The van der Waals surface area contributed by atoms with Crippen LogP contribution in [0.4, 0.5) is 0 Å². The van der Waals surface area contributed by atoms with Crippen LogP contribution < -0.4 is 10.6 Å². The van der Waals surface area contributed by atoms with Gasteiger partial charge in [-0.2, -0.15) is 0 Å². The van der Waals surface area contributed by atoms with Crippen molar-refractivity contribution < 1.29 is 0 Å². The van der Waals surface area contributed by atoms with Crippen LogP contribution >= 0.6 is 35.6 Å². The van der Waals surface area contributed by atoms with Crippen LogP contribution in [0, 0.1) is 5.92 Å². The second-order valence-corrected chi connectivity index (χ2v) is 8.23. The van der Waals surface area contributed by atoms with Gasteiger partial charge in [0.1, 0.15) is 5.15 Å². The third-order valence-electron chi connectivity index (χ3n) is 5.42. The average molecular weight is 542 g/mol. The van der Waals surface area contributed by atoms with Gasteiger partial charge in [-0.25, -0.2) is 4.98 Å². The van der Waals surface area contributed by atoms with Crippen molar-refractivity contribution >= 4 is 41.5 Å². The topological polar surface area (TPSA) is 52.6 Å². The monoisotopic (exact) mass is 541 g/mol. The molecular weight excluding hydrogens is 509 g/mol. The van der Waals surface area contributed by atoms with Crippen LogP contribution in [0.15, 0.2) is 47.6 Å². The summed E-state index contributed by atoms with van der Waals surface area (Å²) in [6.45, 7) is 7.34. The summed E-state index contributed by atoms with van der Waals surface area (Å²) in [4.78, 5) is 11.1. The van der Waals surface area contributed by atoms with Gasteiger partial charge in [0.05, 0.1) is 0 Å². The highest BCUT2D eigenvalue weighted by molar-refractivity contribution is 14.0. The SMILES string of the molecule is CN=C(NCCc1ccc(Cl)nc1)NCc1ccccc1CN1CCCC(C)C1.I. The van der Waals surface area contributed by atoms with E-state index in [-0.39, 0.29) is 24.0 Å². The Balaban J connectivity index is 0.00000320. The van der Waals surface area contributed by atoms with Gasteiger partial charge in [-0.1, -0.05) is 48.9 Å². The van der Waals surface area contributed by atoms with Crippen molar-refractivity contribution in [2.45, 2.75) is 39.3 Å². The Bertz CT molecular complexity index is 796. The Morgan fingerprint density at radius 2 is 2.00 bits per heavy atom. The Kier molecular flexibility index (Phi) is 10.9. The maximum atomic E-state index is 5.84. The van der Waals surface area contributed by atoms with E-state index >= 15 is 0 Å². The molecule has 1 aliphatic rings. The van der Waals surface area contributed by atoms with Crippen molar-refractivity contribution in [1.29, 1.82) is 0 Å². The van der Waals surface area contributed by atoms with Crippen LogP contribution in [-0.4, -0.2) is 42.5 Å². The zero-order valence-corrected chi connectivity index (χ0v) is 21.0. The first kappa shape index (κ1) is 24.9. The summed E-state index contributed by atoms with van der Waals surface area (Å²) in [5.74, 6) is 1.61. The molecule has 0 radical (unpaired) electrons. The molecule has 1 unspecified atom stereocenters. The van der Waals surface area contributed by atoms with Gasteiger partial charge < -0.3 is 10.6 Å². The first-order chi connectivity index (χ1) is 14.1. The number of hydrogen-bond acceptors (Lipinski definition) is 3. The largest absolute Gasteiger partial charge is 0.356 e. The molecule has 0 aliphatic carbocycles. The second-order valence-electron chi connectivity index (χ2n) is 7.84. The maximum absolute atomic E-state index is 5.84. The fourth-order valence-electron chi connectivity index (χ4n) is 3.83. The van der Waals surface area contributed by atoms with Crippen molar-refractivity contribution in [3.05, 3.63) is 64.4 Å². The van der Waals surface area contributed by atoms with E-state index in [0.29, 0.717) is 5.15 Å². The molecule has 2 N–H and O–H groups in total. The molecule has 30 heavy (non-hydrogen) atoms. The predicted octanol–water partition coefficient (Wildman–Crippen LogP) is 4.49. The highest BCUT2D eigenvalue weighted by atomic mass is 127. The first-order valence-corrected chi connectivity index (χ1v) is 10.9. The van der Waals surface area contributed by atoms with Gasteiger partial charge >= 0.3 is 0 Å². The molecule has 1 atom stereocenters. The van der Waals surface area contributed by atoms with Gasteiger partial charge in [0, 0.05) is 39.4 Å². The summed E-state index contributed by atoms with van der Waals surface area (Å²) >= 11 is 5.84. The molecule has 1 fully saturated rings. The second kappa shape index (κ2) is 13.1. The predicted molar refractivity (Wildman–Crippen MR) is 137 cm³/mol. The Morgan fingerprint density at radius 3 is 2.70 bits per heavy atom. The molecule has 164 valence electrons. The lowest BCUT2D eigenvalue weighted by molar-refractivity contribution is 0.176. The number of nitrogens with zero attached hydrogens (tertiary/aromatic N) is 3. The molecule has 7 heteroatoms. The number of nitrogens with one attached hydrogen (secondary N) is 2. The number of pyridine rings is 1. The Hall–Kier alpha value is -1.38. The van der Waals surface area contributed by atoms with Gasteiger partial charge in [-0.3, -0.25) is 9.89 Å². The number of aliphatic imine (C=N–C) groups is 1. The van der Waals surface area contributed by atoms with Gasteiger partial charge in [-0.15, -0.1) is 24.0 Å². The third kappa shape index (κ3) is 8.04. The van der Waals surface area contributed by atoms with Crippen LogP contribution in [0.2, 0.25) is 5.15 Å². The van der Waals surface area contributed by atoms with E-state index in [0.717, 1.165) is 43.5 Å². The summed E-state index contributed by atoms with van der Waals surface area (Å²) in [5.41, 5.74) is 3.88. The van der Waals surface area contributed by atoms with E-state index in [1.54, 1.807) is 7.05 Å². The zero-order valence-electron chi connectivity index (χ0n) is 17.9. The van der Waals surface area contributed by atoms with Crippen molar-refractivity contribution in [3.8, 4) is 0 Å². The zero-order chi connectivity index (χ0) is 20.5. The lowest BCUT2D eigenvalue weighted by Gasteiger charge is -2.31. The van der Waals surface area contributed by atoms with E-state index in [9.17, 15) is 0 Å². The molecule has 3 rings (SSSR count). The quantitative estimate of drug-likeness (QED) is 0.235. The third-order valence-corrected chi connectivity index (χ3v) is 5.64. The molecule has 0 spiro atoms. The molecule has 1 aromatic carbocycles. The van der Waals surface area contributed by atoms with Crippen molar-refractivity contribution in [3.63, 3.8) is 0 Å². The minimum Gasteiger partial charge on any atom is -0.356 e. The van der Waals surface area contributed by atoms with Crippen LogP contribution in [0.25, 0.3) is 0 Å². The number of aromatic nitrogens is 1.